The van der Waals surface area contributed by atoms with E-state index in [1.54, 1.807) is 15.5 Å². The van der Waals surface area contributed by atoms with Gasteiger partial charge in [-0.2, -0.15) is 5.26 Å². The van der Waals surface area contributed by atoms with E-state index < -0.39 is 0 Å². The minimum atomic E-state index is -0.288. The maximum Gasteiger partial charge on any atom is 0.264 e. The Kier molecular flexibility index (Phi) is 10.8. The molecule has 0 radical (unpaired) electrons. The van der Waals surface area contributed by atoms with Crippen molar-refractivity contribution in [3.63, 3.8) is 0 Å². The number of aliphatic hydroxyl groups excluding tert-OH is 1. The lowest BCUT2D eigenvalue weighted by Gasteiger charge is -2.36. The average molecular weight is 785 g/mol. The fourth-order valence-corrected chi connectivity index (χ4v) is 8.77. The lowest BCUT2D eigenvalue weighted by molar-refractivity contribution is -0.131. The molecular formula is C49H48N6O4. The predicted octanol–water partition coefficient (Wildman–Crippen LogP) is 7.67. The summed E-state index contributed by atoms with van der Waals surface area (Å²) >= 11 is 0. The molecule has 3 amide bonds. The number of nitriles is 1. The third kappa shape index (κ3) is 7.34. The number of aromatic nitrogens is 2. The van der Waals surface area contributed by atoms with Crippen molar-refractivity contribution in [1.29, 1.82) is 5.26 Å². The lowest BCUT2D eigenvalue weighted by atomic mass is 9.89. The van der Waals surface area contributed by atoms with E-state index >= 15 is 9.59 Å². The molecule has 8 rings (SSSR count). The first-order chi connectivity index (χ1) is 28.6. The molecule has 0 fully saturated rings. The molecule has 0 bridgehead atoms. The number of para-hydroxylation sites is 1. The molecule has 298 valence electrons. The highest BCUT2D eigenvalue weighted by molar-refractivity contribution is 6.13. The zero-order valence-electron chi connectivity index (χ0n) is 34.0. The molecule has 2 aromatic heterocycles. The molecule has 4 heterocycles. The molecule has 0 saturated carbocycles. The largest absolute Gasteiger partial charge is 0.395 e. The number of anilines is 2. The van der Waals surface area contributed by atoms with E-state index in [4.69, 9.17) is 0 Å². The van der Waals surface area contributed by atoms with Crippen molar-refractivity contribution in [3.05, 3.63) is 165 Å². The monoisotopic (exact) mass is 784 g/mol. The summed E-state index contributed by atoms with van der Waals surface area (Å²) in [7, 11) is 1.92. The van der Waals surface area contributed by atoms with Gasteiger partial charge >= 0.3 is 0 Å². The third-order valence-corrected chi connectivity index (χ3v) is 12.2. The fourth-order valence-electron chi connectivity index (χ4n) is 8.77. The minimum absolute atomic E-state index is 0.0448. The molecular weight excluding hydrogens is 737 g/mol. The Labute approximate surface area is 345 Å². The van der Waals surface area contributed by atoms with E-state index in [9.17, 15) is 15.2 Å². The first-order valence-electron chi connectivity index (χ1n) is 20.2. The summed E-state index contributed by atoms with van der Waals surface area (Å²) in [6.45, 7) is 7.35. The van der Waals surface area contributed by atoms with Crippen LogP contribution in [0.5, 0.6) is 0 Å². The first-order valence-corrected chi connectivity index (χ1v) is 20.2. The molecule has 0 saturated heterocycles. The molecule has 0 spiro atoms. The van der Waals surface area contributed by atoms with Gasteiger partial charge in [-0.05, 0) is 97.8 Å². The van der Waals surface area contributed by atoms with Crippen LogP contribution in [0, 0.1) is 25.2 Å². The lowest BCUT2D eigenvalue weighted by Crippen LogP contribution is -2.43. The smallest absolute Gasteiger partial charge is 0.264 e. The van der Waals surface area contributed by atoms with Crippen molar-refractivity contribution in [3.8, 4) is 17.3 Å². The Hall–Kier alpha value is -6.70. The van der Waals surface area contributed by atoms with Crippen LogP contribution in [0.2, 0.25) is 0 Å². The quantitative estimate of drug-likeness (QED) is 0.162. The highest BCUT2D eigenvalue weighted by Crippen LogP contribution is 2.38. The van der Waals surface area contributed by atoms with Gasteiger partial charge in [-0.3, -0.25) is 19.3 Å². The van der Waals surface area contributed by atoms with Gasteiger partial charge in [0.15, 0.2) is 0 Å². The van der Waals surface area contributed by atoms with Gasteiger partial charge in [-0.15, -0.1) is 0 Å². The first kappa shape index (κ1) is 39.1. The average Bonchev–Trinajstić information content (AvgIpc) is 3.73. The maximum absolute atomic E-state index is 15.0. The van der Waals surface area contributed by atoms with Crippen LogP contribution in [-0.2, 0) is 50.7 Å². The summed E-state index contributed by atoms with van der Waals surface area (Å²) in [6.07, 6.45) is 1.69. The summed E-state index contributed by atoms with van der Waals surface area (Å²) < 4.78 is 3.70. The fraction of sp³-hybridized carbons (Fsp3) is 0.265. The SMILES string of the molecule is Cc1c(C(=O)N(c2ccccc2)c2cc(C#N)n(CCO)c2C)cc(-c2cc3c(cc2C(=O)N2Cc4ccccc4C[C@H]2C)CN(C(=O)Cc2ccccc2)CC3)n1C. The van der Waals surface area contributed by atoms with Crippen molar-refractivity contribution in [1.82, 2.24) is 18.9 Å². The molecule has 4 aromatic carbocycles. The van der Waals surface area contributed by atoms with Crippen molar-refractivity contribution >= 4 is 29.1 Å². The van der Waals surface area contributed by atoms with Crippen LogP contribution in [0.4, 0.5) is 11.4 Å². The van der Waals surface area contributed by atoms with Crippen LogP contribution in [0.15, 0.2) is 109 Å². The standard InChI is InChI=1S/C49H48N6O4/c1-32-23-36-15-11-12-16-38(36)31-54(32)48(58)44-26-39-30-52(47(57)24-35-13-7-5-8-14-35)20-19-37(39)25-43(44)46-28-42(33(2)51(46)4)49(59)55(40-17-9-6-10-18-40)45-27-41(29-50)53(21-22-56)34(45)3/h5-18,25-28,32,56H,19-24,30-31H2,1-4H3/t32-/m1/s1. The summed E-state index contributed by atoms with van der Waals surface area (Å²) in [4.78, 5) is 49.1. The Morgan fingerprint density at radius 3 is 2.22 bits per heavy atom. The number of hydrogen-bond acceptors (Lipinski definition) is 5. The van der Waals surface area contributed by atoms with E-state index in [1.807, 2.05) is 120 Å². The number of carbonyl (C=O) groups is 3. The van der Waals surface area contributed by atoms with Crippen LogP contribution in [-0.4, -0.2) is 61.0 Å². The molecule has 2 aliphatic rings. The highest BCUT2D eigenvalue weighted by Gasteiger charge is 2.33. The second-order valence-corrected chi connectivity index (χ2v) is 15.7. The predicted molar refractivity (Wildman–Crippen MR) is 228 cm³/mol. The van der Waals surface area contributed by atoms with Crippen molar-refractivity contribution in [2.24, 2.45) is 7.05 Å². The number of aliphatic hydroxyl groups is 1. The van der Waals surface area contributed by atoms with Crippen molar-refractivity contribution in [2.45, 2.75) is 65.7 Å². The topological polar surface area (TPSA) is 115 Å². The van der Waals surface area contributed by atoms with E-state index in [2.05, 4.69) is 31.2 Å². The van der Waals surface area contributed by atoms with E-state index in [-0.39, 0.29) is 36.9 Å². The van der Waals surface area contributed by atoms with Crippen molar-refractivity contribution in [2.75, 3.05) is 18.1 Å². The summed E-state index contributed by atoms with van der Waals surface area (Å²) in [5, 5.41) is 19.8. The summed E-state index contributed by atoms with van der Waals surface area (Å²) in [5.41, 5.74) is 10.7. The second-order valence-electron chi connectivity index (χ2n) is 15.7. The molecule has 6 aromatic rings. The number of nitrogens with zero attached hydrogens (tertiary/aromatic N) is 6. The van der Waals surface area contributed by atoms with Crippen LogP contribution in [0.25, 0.3) is 11.3 Å². The second kappa shape index (κ2) is 16.3. The van der Waals surface area contributed by atoms with Crippen LogP contribution in [0.1, 0.15) is 72.5 Å². The van der Waals surface area contributed by atoms with Crippen LogP contribution in [0.3, 0.4) is 0 Å². The number of rotatable bonds is 9. The van der Waals surface area contributed by atoms with E-state index in [1.165, 1.54) is 5.56 Å². The summed E-state index contributed by atoms with van der Waals surface area (Å²) in [5.74, 6) is -0.336. The van der Waals surface area contributed by atoms with Gasteiger partial charge < -0.3 is 24.0 Å². The molecule has 1 N–H and O–H groups in total. The Balaban J connectivity index is 1.22. The summed E-state index contributed by atoms with van der Waals surface area (Å²) in [6, 6.07) is 37.2. The Morgan fingerprint density at radius 2 is 1.51 bits per heavy atom. The number of fused-ring (bicyclic) bond motifs is 2. The van der Waals surface area contributed by atoms with Gasteiger partial charge in [0.2, 0.25) is 5.91 Å². The molecule has 0 aliphatic carbocycles. The van der Waals surface area contributed by atoms with E-state index in [0.29, 0.717) is 72.1 Å². The van der Waals surface area contributed by atoms with Gasteiger partial charge in [0, 0.05) is 73.2 Å². The van der Waals surface area contributed by atoms with Gasteiger partial charge in [-0.25, -0.2) is 0 Å². The molecule has 10 nitrogen and oxygen atoms in total. The normalized spacial score (nSPS) is 14.7. The third-order valence-electron chi connectivity index (χ3n) is 12.2. The van der Waals surface area contributed by atoms with Gasteiger partial charge in [0.1, 0.15) is 11.8 Å². The zero-order valence-corrected chi connectivity index (χ0v) is 34.0. The highest BCUT2D eigenvalue weighted by atomic mass is 16.3. The Morgan fingerprint density at radius 1 is 0.814 bits per heavy atom. The van der Waals surface area contributed by atoms with Gasteiger partial charge in [-0.1, -0.05) is 72.8 Å². The number of benzene rings is 4. The van der Waals surface area contributed by atoms with Crippen LogP contribution >= 0.6 is 0 Å². The molecule has 1 atom stereocenters. The maximum atomic E-state index is 15.0. The number of amides is 3. The number of carbonyl (C=O) groups excluding carboxylic acids is 3. The van der Waals surface area contributed by atoms with Gasteiger partial charge in [0.05, 0.1) is 24.3 Å². The molecule has 0 unspecified atom stereocenters. The minimum Gasteiger partial charge on any atom is -0.395 e. The van der Waals surface area contributed by atoms with Crippen molar-refractivity contribution < 1.29 is 19.5 Å². The molecule has 2 aliphatic heterocycles. The zero-order chi connectivity index (χ0) is 41.4. The molecule has 59 heavy (non-hydrogen) atoms. The van der Waals surface area contributed by atoms with Crippen LogP contribution < -0.4 is 4.90 Å². The number of hydrogen-bond donors (Lipinski definition) is 1. The Bertz CT molecular complexity index is 2620. The van der Waals surface area contributed by atoms with E-state index in [0.717, 1.165) is 39.9 Å². The van der Waals surface area contributed by atoms with Gasteiger partial charge in [0.25, 0.3) is 11.8 Å². The molecule has 10 heteroatoms.